The molecule has 27 heavy (non-hydrogen) atoms. The number of fused-ring (bicyclic) bond motifs is 1. The van der Waals surface area contributed by atoms with Gasteiger partial charge < -0.3 is 19.5 Å². The predicted octanol–water partition coefficient (Wildman–Crippen LogP) is 1.39. The first-order valence-electron chi connectivity index (χ1n) is 8.68. The van der Waals surface area contributed by atoms with Crippen LogP contribution in [-0.2, 0) is 32.1 Å². The first-order chi connectivity index (χ1) is 13.0. The van der Waals surface area contributed by atoms with Crippen molar-refractivity contribution in [2.75, 3.05) is 20.3 Å². The van der Waals surface area contributed by atoms with Gasteiger partial charge in [0.25, 0.3) is 0 Å². The molecule has 8 heteroatoms. The van der Waals surface area contributed by atoms with Crippen molar-refractivity contribution in [3.8, 4) is 0 Å². The lowest BCUT2D eigenvalue weighted by molar-refractivity contribution is -0.142. The van der Waals surface area contributed by atoms with Crippen molar-refractivity contribution in [1.82, 2.24) is 10.2 Å². The largest absolute Gasteiger partial charge is 0.468 e. The van der Waals surface area contributed by atoms with Crippen LogP contribution in [0, 0.1) is 0 Å². The Kier molecular flexibility index (Phi) is 5.75. The maximum absolute atomic E-state index is 12.4. The van der Waals surface area contributed by atoms with Crippen molar-refractivity contribution >= 4 is 18.0 Å². The number of hydrogen-bond donors (Lipinski definition) is 1. The molecule has 1 fully saturated rings. The quantitative estimate of drug-likeness (QED) is 0.473. The van der Waals surface area contributed by atoms with Crippen molar-refractivity contribution in [2.24, 2.45) is 0 Å². The molecule has 0 saturated carbocycles. The van der Waals surface area contributed by atoms with Crippen LogP contribution in [0.15, 0.2) is 30.9 Å². The SMILES string of the molecule is C=CCOC(=O)c1ccc2c(c1)CN(C(=O)OC1CNC(C(=O)OC)C1)C2. The summed E-state index contributed by atoms with van der Waals surface area (Å²) in [6, 6.07) is 4.78. The highest BCUT2D eigenvalue weighted by atomic mass is 16.6. The van der Waals surface area contributed by atoms with E-state index < -0.39 is 18.1 Å². The van der Waals surface area contributed by atoms with Crippen molar-refractivity contribution in [2.45, 2.75) is 31.7 Å². The zero-order valence-corrected chi connectivity index (χ0v) is 15.1. The zero-order chi connectivity index (χ0) is 19.4. The summed E-state index contributed by atoms with van der Waals surface area (Å²) < 4.78 is 15.2. The Labute approximate surface area is 157 Å². The van der Waals surface area contributed by atoms with E-state index >= 15 is 0 Å². The van der Waals surface area contributed by atoms with Gasteiger partial charge >= 0.3 is 18.0 Å². The number of benzene rings is 1. The fourth-order valence-electron chi connectivity index (χ4n) is 3.20. The van der Waals surface area contributed by atoms with Crippen LogP contribution in [0.3, 0.4) is 0 Å². The molecule has 0 radical (unpaired) electrons. The number of hydrogen-bond acceptors (Lipinski definition) is 7. The molecule has 1 aromatic rings. The molecule has 2 heterocycles. The molecule has 8 nitrogen and oxygen atoms in total. The molecule has 2 atom stereocenters. The number of nitrogens with one attached hydrogen (secondary N) is 1. The molecule has 2 unspecified atom stereocenters. The lowest BCUT2D eigenvalue weighted by atomic mass is 10.1. The predicted molar refractivity (Wildman–Crippen MR) is 94.9 cm³/mol. The van der Waals surface area contributed by atoms with Crippen molar-refractivity contribution in [3.05, 3.63) is 47.5 Å². The minimum Gasteiger partial charge on any atom is -0.468 e. The number of carbonyl (C=O) groups excluding carboxylic acids is 3. The number of carbonyl (C=O) groups is 3. The second-order valence-corrected chi connectivity index (χ2v) is 6.45. The van der Waals surface area contributed by atoms with Gasteiger partial charge in [0.2, 0.25) is 0 Å². The fourth-order valence-corrected chi connectivity index (χ4v) is 3.20. The molecular weight excluding hydrogens is 352 g/mol. The molecule has 0 bridgehead atoms. The summed E-state index contributed by atoms with van der Waals surface area (Å²) in [5.41, 5.74) is 2.29. The van der Waals surface area contributed by atoms with Gasteiger partial charge in [0, 0.05) is 26.1 Å². The second-order valence-electron chi connectivity index (χ2n) is 6.45. The monoisotopic (exact) mass is 374 g/mol. The highest BCUT2D eigenvalue weighted by Crippen LogP contribution is 2.25. The summed E-state index contributed by atoms with van der Waals surface area (Å²) in [6.07, 6.45) is 1.07. The Hall–Kier alpha value is -2.87. The maximum atomic E-state index is 12.4. The number of esters is 2. The number of methoxy groups -OCH3 is 1. The Morgan fingerprint density at radius 2 is 2.07 bits per heavy atom. The number of amides is 1. The molecule has 1 saturated heterocycles. The van der Waals surface area contributed by atoms with Crippen LogP contribution in [0.25, 0.3) is 0 Å². The van der Waals surface area contributed by atoms with Crippen LogP contribution in [0.5, 0.6) is 0 Å². The van der Waals surface area contributed by atoms with Crippen molar-refractivity contribution < 1.29 is 28.6 Å². The maximum Gasteiger partial charge on any atom is 0.410 e. The van der Waals surface area contributed by atoms with Gasteiger partial charge in [0.05, 0.1) is 12.7 Å². The van der Waals surface area contributed by atoms with Crippen LogP contribution in [0.1, 0.15) is 27.9 Å². The molecule has 1 amide bonds. The lowest BCUT2D eigenvalue weighted by Gasteiger charge is -2.18. The van der Waals surface area contributed by atoms with E-state index in [-0.39, 0.29) is 18.7 Å². The van der Waals surface area contributed by atoms with Gasteiger partial charge in [-0.2, -0.15) is 0 Å². The van der Waals surface area contributed by atoms with E-state index in [0.29, 0.717) is 31.6 Å². The summed E-state index contributed by atoms with van der Waals surface area (Å²) >= 11 is 0. The van der Waals surface area contributed by atoms with Crippen LogP contribution in [-0.4, -0.2) is 55.3 Å². The summed E-state index contributed by atoms with van der Waals surface area (Å²) in [5, 5.41) is 2.98. The Morgan fingerprint density at radius 3 is 2.81 bits per heavy atom. The van der Waals surface area contributed by atoms with E-state index in [2.05, 4.69) is 16.6 Å². The lowest BCUT2D eigenvalue weighted by Crippen LogP contribution is -2.31. The van der Waals surface area contributed by atoms with E-state index in [1.54, 1.807) is 17.0 Å². The average Bonchev–Trinajstić information content (AvgIpc) is 3.31. The summed E-state index contributed by atoms with van der Waals surface area (Å²) in [5.74, 6) is -0.789. The molecule has 1 aromatic carbocycles. The minimum atomic E-state index is -0.451. The molecule has 0 aromatic heterocycles. The van der Waals surface area contributed by atoms with Gasteiger partial charge in [-0.3, -0.25) is 9.69 Å². The number of ether oxygens (including phenoxy) is 3. The summed E-state index contributed by atoms with van der Waals surface area (Å²) in [4.78, 5) is 37.5. The van der Waals surface area contributed by atoms with Gasteiger partial charge in [-0.1, -0.05) is 18.7 Å². The van der Waals surface area contributed by atoms with Gasteiger partial charge in [-0.25, -0.2) is 9.59 Å². The Bertz CT molecular complexity index is 763. The Morgan fingerprint density at radius 1 is 1.30 bits per heavy atom. The van der Waals surface area contributed by atoms with Crippen LogP contribution >= 0.6 is 0 Å². The first kappa shape index (κ1) is 18.9. The zero-order valence-electron chi connectivity index (χ0n) is 15.1. The second kappa shape index (κ2) is 8.22. The standard InChI is InChI=1S/C19H22N2O6/c1-3-6-26-17(22)12-4-5-13-10-21(11-14(13)7-12)19(24)27-15-8-16(20-9-15)18(23)25-2/h3-5,7,15-16,20H,1,6,8-11H2,2H3. The van der Waals surface area contributed by atoms with E-state index in [1.807, 2.05) is 6.07 Å². The summed E-state index contributed by atoms with van der Waals surface area (Å²) in [6.45, 7) is 4.84. The number of nitrogens with zero attached hydrogens (tertiary/aromatic N) is 1. The molecule has 0 spiro atoms. The smallest absolute Gasteiger partial charge is 0.410 e. The van der Waals surface area contributed by atoms with E-state index in [0.717, 1.165) is 11.1 Å². The average molecular weight is 374 g/mol. The van der Waals surface area contributed by atoms with Crippen LogP contribution < -0.4 is 5.32 Å². The highest BCUT2D eigenvalue weighted by Gasteiger charge is 2.34. The van der Waals surface area contributed by atoms with Gasteiger partial charge in [-0.05, 0) is 23.3 Å². The molecule has 0 aliphatic carbocycles. The molecule has 2 aliphatic rings. The topological polar surface area (TPSA) is 94.2 Å². The third kappa shape index (κ3) is 4.28. The van der Waals surface area contributed by atoms with Crippen molar-refractivity contribution in [1.29, 1.82) is 0 Å². The van der Waals surface area contributed by atoms with Crippen LogP contribution in [0.4, 0.5) is 4.79 Å². The molecular formula is C19H22N2O6. The van der Waals surface area contributed by atoms with E-state index in [4.69, 9.17) is 9.47 Å². The summed E-state index contributed by atoms with van der Waals surface area (Å²) in [7, 11) is 1.33. The van der Waals surface area contributed by atoms with E-state index in [1.165, 1.54) is 13.2 Å². The Balaban J connectivity index is 1.56. The van der Waals surface area contributed by atoms with Gasteiger partial charge in [-0.15, -0.1) is 0 Å². The normalized spacial score (nSPS) is 20.7. The fraction of sp³-hybridized carbons (Fsp3) is 0.421. The molecule has 1 N–H and O–H groups in total. The van der Waals surface area contributed by atoms with Crippen molar-refractivity contribution in [3.63, 3.8) is 0 Å². The molecule has 3 rings (SSSR count). The third-order valence-corrected chi connectivity index (χ3v) is 4.60. The molecule has 144 valence electrons. The highest BCUT2D eigenvalue weighted by molar-refractivity contribution is 5.90. The third-order valence-electron chi connectivity index (χ3n) is 4.60. The first-order valence-corrected chi connectivity index (χ1v) is 8.68. The molecule has 2 aliphatic heterocycles. The van der Waals surface area contributed by atoms with Crippen LogP contribution in [0.2, 0.25) is 0 Å². The van der Waals surface area contributed by atoms with E-state index in [9.17, 15) is 14.4 Å². The number of rotatable bonds is 5. The van der Waals surface area contributed by atoms with Gasteiger partial charge in [0.15, 0.2) is 0 Å². The minimum absolute atomic E-state index is 0.149. The van der Waals surface area contributed by atoms with Gasteiger partial charge in [0.1, 0.15) is 18.8 Å².